The highest BCUT2D eigenvalue weighted by molar-refractivity contribution is 5.74. The molecule has 1 saturated heterocycles. The Labute approximate surface area is 138 Å². The Balaban J connectivity index is 1.53. The van der Waals surface area contributed by atoms with Crippen LogP contribution in [-0.2, 0) is 6.42 Å². The van der Waals surface area contributed by atoms with E-state index in [1.807, 2.05) is 24.3 Å². The van der Waals surface area contributed by atoms with Crippen LogP contribution >= 0.6 is 0 Å². The third kappa shape index (κ3) is 3.67. The molecule has 3 rings (SSSR count). The summed E-state index contributed by atoms with van der Waals surface area (Å²) in [5.41, 5.74) is 2.15. The van der Waals surface area contributed by atoms with Crippen LogP contribution in [-0.4, -0.2) is 47.8 Å². The summed E-state index contributed by atoms with van der Waals surface area (Å²) < 4.78 is 0. The minimum absolute atomic E-state index is 0.188. The van der Waals surface area contributed by atoms with E-state index < -0.39 is 6.10 Å². The fraction of sp³-hybridized carbons (Fsp3) is 0.611. The van der Waals surface area contributed by atoms with E-state index in [2.05, 4.69) is 22.5 Å². The first-order chi connectivity index (χ1) is 11.2. The molecule has 1 aromatic rings. The first-order valence-electron chi connectivity index (χ1n) is 8.73. The Morgan fingerprint density at radius 3 is 3.00 bits per heavy atom. The number of benzene rings is 1. The van der Waals surface area contributed by atoms with Crippen LogP contribution in [0.1, 0.15) is 43.4 Å². The Kier molecular flexibility index (Phi) is 5.18. The van der Waals surface area contributed by atoms with Crippen LogP contribution in [0.15, 0.2) is 24.3 Å². The molecule has 2 amide bonds. The summed E-state index contributed by atoms with van der Waals surface area (Å²) in [6, 6.07) is 7.85. The summed E-state index contributed by atoms with van der Waals surface area (Å²) in [6.07, 6.45) is 3.69. The number of nitrogens with zero attached hydrogens (tertiary/aromatic N) is 1. The fourth-order valence-electron chi connectivity index (χ4n) is 3.86. The smallest absolute Gasteiger partial charge is 0.315 e. The van der Waals surface area contributed by atoms with Gasteiger partial charge in [0.05, 0.1) is 12.1 Å². The van der Waals surface area contributed by atoms with Gasteiger partial charge in [-0.05, 0) is 37.1 Å². The van der Waals surface area contributed by atoms with Crippen LogP contribution in [0.5, 0.6) is 0 Å². The second-order valence-electron chi connectivity index (χ2n) is 6.58. The number of nitrogens with one attached hydrogen (secondary N) is 2. The average Bonchev–Trinajstić information content (AvgIpc) is 2.89. The van der Waals surface area contributed by atoms with E-state index in [0.717, 1.165) is 30.6 Å². The largest absolute Gasteiger partial charge is 0.390 e. The van der Waals surface area contributed by atoms with Crippen LogP contribution < -0.4 is 10.6 Å². The number of hydrogen-bond donors (Lipinski definition) is 3. The minimum Gasteiger partial charge on any atom is -0.390 e. The maximum atomic E-state index is 12.2. The van der Waals surface area contributed by atoms with Gasteiger partial charge in [-0.15, -0.1) is 0 Å². The van der Waals surface area contributed by atoms with Gasteiger partial charge in [-0.3, -0.25) is 4.90 Å². The molecule has 1 aromatic carbocycles. The van der Waals surface area contributed by atoms with Crippen LogP contribution in [0.4, 0.5) is 4.79 Å². The van der Waals surface area contributed by atoms with Gasteiger partial charge in [-0.1, -0.05) is 37.6 Å². The van der Waals surface area contributed by atoms with Gasteiger partial charge >= 0.3 is 6.03 Å². The lowest BCUT2D eigenvalue weighted by atomic mass is 10.0. The number of aliphatic hydroxyl groups excluding tert-OH is 1. The number of rotatable bonds is 4. The molecule has 5 heteroatoms. The molecule has 0 aromatic heterocycles. The topological polar surface area (TPSA) is 64.6 Å². The van der Waals surface area contributed by atoms with Gasteiger partial charge in [0.1, 0.15) is 0 Å². The molecule has 3 unspecified atom stereocenters. The SMILES string of the molecule is CCN1CCCCC1CNC(=O)NC1c2ccccc2CC1O. The highest BCUT2D eigenvalue weighted by atomic mass is 16.3. The lowest BCUT2D eigenvalue weighted by Gasteiger charge is -2.35. The zero-order chi connectivity index (χ0) is 16.2. The van der Waals surface area contributed by atoms with E-state index in [1.54, 1.807) is 0 Å². The van der Waals surface area contributed by atoms with Crippen molar-refractivity contribution < 1.29 is 9.90 Å². The first kappa shape index (κ1) is 16.3. The van der Waals surface area contributed by atoms with Gasteiger partial charge in [0, 0.05) is 19.0 Å². The average molecular weight is 317 g/mol. The highest BCUT2D eigenvalue weighted by Crippen LogP contribution is 2.31. The molecule has 1 aliphatic carbocycles. The van der Waals surface area contributed by atoms with Crippen molar-refractivity contribution in [3.05, 3.63) is 35.4 Å². The number of likely N-dealkylation sites (N-methyl/N-ethyl adjacent to an activating group) is 1. The number of hydrogen-bond acceptors (Lipinski definition) is 3. The summed E-state index contributed by atoms with van der Waals surface area (Å²) in [6.45, 7) is 5.00. The van der Waals surface area contributed by atoms with Crippen LogP contribution in [0.3, 0.4) is 0 Å². The van der Waals surface area contributed by atoms with Crippen LogP contribution in [0.2, 0.25) is 0 Å². The normalized spacial score (nSPS) is 27.5. The third-order valence-corrected chi connectivity index (χ3v) is 5.14. The number of urea groups is 1. The van der Waals surface area contributed by atoms with E-state index in [1.165, 1.54) is 12.8 Å². The van der Waals surface area contributed by atoms with Crippen LogP contribution in [0, 0.1) is 0 Å². The lowest BCUT2D eigenvalue weighted by molar-refractivity contribution is 0.138. The van der Waals surface area contributed by atoms with Gasteiger partial charge in [0.2, 0.25) is 0 Å². The fourth-order valence-corrected chi connectivity index (χ4v) is 3.86. The van der Waals surface area contributed by atoms with Crippen molar-refractivity contribution in [2.24, 2.45) is 0 Å². The summed E-state index contributed by atoms with van der Waals surface area (Å²) >= 11 is 0. The zero-order valence-corrected chi connectivity index (χ0v) is 13.8. The lowest BCUT2D eigenvalue weighted by Crippen LogP contribution is -2.49. The van der Waals surface area contributed by atoms with Crippen molar-refractivity contribution in [1.82, 2.24) is 15.5 Å². The Bertz CT molecular complexity index is 549. The Morgan fingerprint density at radius 2 is 2.17 bits per heavy atom. The molecule has 0 saturated carbocycles. The number of likely N-dealkylation sites (tertiary alicyclic amines) is 1. The third-order valence-electron chi connectivity index (χ3n) is 5.14. The molecule has 1 fully saturated rings. The molecule has 0 spiro atoms. The standard InChI is InChI=1S/C18H27N3O2/c1-2-21-10-6-5-8-14(21)12-19-18(23)20-17-15-9-4-3-7-13(15)11-16(17)22/h3-4,7,9,14,16-17,22H,2,5-6,8,10-12H2,1H3,(H2,19,20,23). The quantitative estimate of drug-likeness (QED) is 0.794. The Hall–Kier alpha value is -1.59. The molecule has 1 aliphatic heterocycles. The molecule has 126 valence electrons. The van der Waals surface area contributed by atoms with Gasteiger partial charge in [0.15, 0.2) is 0 Å². The van der Waals surface area contributed by atoms with Gasteiger partial charge in [-0.25, -0.2) is 4.79 Å². The van der Waals surface area contributed by atoms with Crippen molar-refractivity contribution in [3.8, 4) is 0 Å². The number of carbonyl (C=O) groups is 1. The summed E-state index contributed by atoms with van der Waals surface area (Å²) in [4.78, 5) is 14.7. The number of carbonyl (C=O) groups excluding carboxylic acids is 1. The molecular weight excluding hydrogens is 290 g/mol. The second-order valence-corrected chi connectivity index (χ2v) is 6.58. The second kappa shape index (κ2) is 7.32. The molecule has 2 aliphatic rings. The number of aliphatic hydroxyl groups is 1. The minimum atomic E-state index is -0.542. The van der Waals surface area contributed by atoms with Gasteiger partial charge < -0.3 is 15.7 Å². The summed E-state index contributed by atoms with van der Waals surface area (Å²) in [5.74, 6) is 0. The number of fused-ring (bicyclic) bond motifs is 1. The molecule has 0 radical (unpaired) electrons. The summed E-state index contributed by atoms with van der Waals surface area (Å²) in [7, 11) is 0. The summed E-state index contributed by atoms with van der Waals surface area (Å²) in [5, 5.41) is 16.1. The number of amides is 2. The van der Waals surface area contributed by atoms with Crippen LogP contribution in [0.25, 0.3) is 0 Å². The van der Waals surface area contributed by atoms with E-state index in [0.29, 0.717) is 19.0 Å². The first-order valence-corrected chi connectivity index (χ1v) is 8.73. The maximum absolute atomic E-state index is 12.2. The monoisotopic (exact) mass is 317 g/mol. The van der Waals surface area contributed by atoms with E-state index in [4.69, 9.17) is 0 Å². The van der Waals surface area contributed by atoms with Crippen molar-refractivity contribution in [2.75, 3.05) is 19.6 Å². The van der Waals surface area contributed by atoms with E-state index in [9.17, 15) is 9.90 Å². The number of piperidine rings is 1. The van der Waals surface area contributed by atoms with Crippen molar-refractivity contribution in [1.29, 1.82) is 0 Å². The van der Waals surface area contributed by atoms with Gasteiger partial charge in [-0.2, -0.15) is 0 Å². The Morgan fingerprint density at radius 1 is 1.35 bits per heavy atom. The van der Waals surface area contributed by atoms with E-state index in [-0.39, 0.29) is 12.1 Å². The van der Waals surface area contributed by atoms with Crippen molar-refractivity contribution in [2.45, 2.75) is 50.8 Å². The molecule has 5 nitrogen and oxygen atoms in total. The molecule has 0 bridgehead atoms. The predicted octanol–water partition coefficient (Wildman–Crippen LogP) is 1.82. The molecule has 1 heterocycles. The van der Waals surface area contributed by atoms with E-state index >= 15 is 0 Å². The maximum Gasteiger partial charge on any atom is 0.315 e. The molecule has 23 heavy (non-hydrogen) atoms. The molecule has 3 atom stereocenters. The zero-order valence-electron chi connectivity index (χ0n) is 13.8. The van der Waals surface area contributed by atoms with Gasteiger partial charge in [0.25, 0.3) is 0 Å². The molecular formula is C18H27N3O2. The molecule has 3 N–H and O–H groups in total. The van der Waals surface area contributed by atoms with Crippen molar-refractivity contribution >= 4 is 6.03 Å². The highest BCUT2D eigenvalue weighted by Gasteiger charge is 2.32. The predicted molar refractivity (Wildman–Crippen MR) is 90.3 cm³/mol. The van der Waals surface area contributed by atoms with Crippen molar-refractivity contribution in [3.63, 3.8) is 0 Å².